The molecule has 0 bridgehead atoms. The molecule has 1 saturated heterocycles. The maximum absolute atomic E-state index is 12.8. The van der Waals surface area contributed by atoms with Crippen LogP contribution in [0, 0.1) is 0 Å². The van der Waals surface area contributed by atoms with E-state index in [4.69, 9.17) is 17.0 Å². The number of ether oxygens (including phenoxy) is 1. The van der Waals surface area contributed by atoms with E-state index in [-0.39, 0.29) is 11.7 Å². The number of amides is 1. The molecule has 1 heterocycles. The van der Waals surface area contributed by atoms with Crippen LogP contribution in [0.2, 0.25) is 0 Å². The molecule has 0 unspecified atom stereocenters. The minimum atomic E-state index is -0.167. The first-order valence-corrected chi connectivity index (χ1v) is 9.50. The Balaban J connectivity index is 1.92. The number of hydrogen-bond donors (Lipinski definition) is 1. The lowest BCUT2D eigenvalue weighted by Crippen LogP contribution is -2.27. The summed E-state index contributed by atoms with van der Waals surface area (Å²) in [4.78, 5) is 14.8. The molecule has 0 radical (unpaired) electrons. The molecule has 25 heavy (non-hydrogen) atoms. The van der Waals surface area contributed by atoms with Crippen LogP contribution in [0.15, 0.2) is 51.8 Å². The van der Waals surface area contributed by atoms with Gasteiger partial charge in [-0.3, -0.25) is 9.69 Å². The van der Waals surface area contributed by atoms with Gasteiger partial charge in [0.05, 0.1) is 17.2 Å². The second kappa shape index (κ2) is 7.59. The third-order valence-electron chi connectivity index (χ3n) is 3.44. The first kappa shape index (κ1) is 18.0. The maximum Gasteiger partial charge on any atom is 0.270 e. The van der Waals surface area contributed by atoms with Crippen molar-refractivity contribution in [3.05, 3.63) is 57.4 Å². The molecule has 0 aliphatic carbocycles. The minimum Gasteiger partial charge on any atom is -0.504 e. The minimum absolute atomic E-state index is 0.0701. The van der Waals surface area contributed by atoms with E-state index in [1.807, 2.05) is 31.2 Å². The fourth-order valence-electron chi connectivity index (χ4n) is 2.35. The molecule has 7 heteroatoms. The molecule has 2 aromatic rings. The van der Waals surface area contributed by atoms with Gasteiger partial charge < -0.3 is 9.84 Å². The normalized spacial score (nSPS) is 15.9. The summed E-state index contributed by atoms with van der Waals surface area (Å²) in [5.74, 6) is 0.290. The van der Waals surface area contributed by atoms with Crippen molar-refractivity contribution >= 4 is 61.9 Å². The zero-order valence-corrected chi connectivity index (χ0v) is 16.5. The first-order valence-electron chi connectivity index (χ1n) is 7.49. The number of aromatic hydroxyl groups is 1. The number of rotatable bonds is 4. The number of phenolic OH excluding ortho intramolecular Hbond substituents is 1. The maximum atomic E-state index is 12.8. The van der Waals surface area contributed by atoms with E-state index in [2.05, 4.69) is 15.9 Å². The molecule has 0 aromatic heterocycles. The Morgan fingerprint density at radius 1 is 1.32 bits per heavy atom. The smallest absolute Gasteiger partial charge is 0.270 e. The summed E-state index contributed by atoms with van der Waals surface area (Å²) in [6.45, 7) is 2.29. The number of halogens is 1. The Hall–Kier alpha value is -1.83. The van der Waals surface area contributed by atoms with Crippen LogP contribution >= 0.6 is 39.9 Å². The highest BCUT2D eigenvalue weighted by Gasteiger charge is 2.33. The predicted octanol–water partition coefficient (Wildman–Crippen LogP) is 4.96. The van der Waals surface area contributed by atoms with Crippen LogP contribution in [0.5, 0.6) is 11.5 Å². The van der Waals surface area contributed by atoms with Crippen molar-refractivity contribution in [2.45, 2.75) is 6.92 Å². The molecule has 1 N–H and O–H groups in total. The van der Waals surface area contributed by atoms with Crippen molar-refractivity contribution in [3.63, 3.8) is 0 Å². The summed E-state index contributed by atoms with van der Waals surface area (Å²) in [6, 6.07) is 12.4. The second-order valence-corrected chi connectivity index (χ2v) is 7.75. The van der Waals surface area contributed by atoms with E-state index < -0.39 is 0 Å². The van der Waals surface area contributed by atoms with Crippen LogP contribution in [-0.4, -0.2) is 21.9 Å². The van der Waals surface area contributed by atoms with Crippen molar-refractivity contribution in [2.24, 2.45) is 0 Å². The van der Waals surface area contributed by atoms with Gasteiger partial charge in [0.1, 0.15) is 0 Å². The molecule has 1 fully saturated rings. The molecular formula is C18H14BrNO3S2. The van der Waals surface area contributed by atoms with Crippen molar-refractivity contribution < 1.29 is 14.6 Å². The summed E-state index contributed by atoms with van der Waals surface area (Å²) in [5.41, 5.74) is 1.48. The topological polar surface area (TPSA) is 49.8 Å². The van der Waals surface area contributed by atoms with Gasteiger partial charge in [-0.05, 0) is 48.9 Å². The zero-order valence-electron chi connectivity index (χ0n) is 13.2. The predicted molar refractivity (Wildman–Crippen MR) is 109 cm³/mol. The fourth-order valence-corrected chi connectivity index (χ4v) is 4.03. The number of anilines is 1. The number of nitrogens with zero attached hydrogens (tertiary/aromatic N) is 1. The van der Waals surface area contributed by atoms with Crippen LogP contribution in [0.25, 0.3) is 6.08 Å². The molecule has 2 aromatic carbocycles. The molecule has 3 rings (SSSR count). The SMILES string of the molecule is CCOc1cc(/C=C2\SC(=S)N(c3cccc(Br)c3)C2=O)ccc1O. The van der Waals surface area contributed by atoms with Gasteiger partial charge in [-0.25, -0.2) is 0 Å². The number of hydrogen-bond acceptors (Lipinski definition) is 5. The highest BCUT2D eigenvalue weighted by Crippen LogP contribution is 2.37. The Morgan fingerprint density at radius 3 is 2.84 bits per heavy atom. The molecule has 0 saturated carbocycles. The van der Waals surface area contributed by atoms with Crippen LogP contribution < -0.4 is 9.64 Å². The second-order valence-electron chi connectivity index (χ2n) is 5.16. The number of benzene rings is 2. The number of carbonyl (C=O) groups excluding carboxylic acids is 1. The molecule has 0 atom stereocenters. The Kier molecular flexibility index (Phi) is 5.46. The van der Waals surface area contributed by atoms with E-state index >= 15 is 0 Å². The van der Waals surface area contributed by atoms with Crippen molar-refractivity contribution in [2.75, 3.05) is 11.5 Å². The highest BCUT2D eigenvalue weighted by atomic mass is 79.9. The number of thiocarbonyl (C=S) groups is 1. The number of thioether (sulfide) groups is 1. The van der Waals surface area contributed by atoms with Gasteiger partial charge in [0.25, 0.3) is 5.91 Å². The fraction of sp³-hybridized carbons (Fsp3) is 0.111. The largest absolute Gasteiger partial charge is 0.504 e. The van der Waals surface area contributed by atoms with Gasteiger partial charge in [-0.15, -0.1) is 0 Å². The number of phenols is 1. The lowest BCUT2D eigenvalue weighted by atomic mass is 10.2. The third-order valence-corrected chi connectivity index (χ3v) is 5.24. The summed E-state index contributed by atoms with van der Waals surface area (Å²) in [7, 11) is 0. The van der Waals surface area contributed by atoms with Crippen molar-refractivity contribution in [3.8, 4) is 11.5 Å². The lowest BCUT2D eigenvalue weighted by Gasteiger charge is -2.14. The molecule has 1 aliphatic rings. The Bertz CT molecular complexity index is 882. The van der Waals surface area contributed by atoms with E-state index in [9.17, 15) is 9.90 Å². The average Bonchev–Trinajstić information content (AvgIpc) is 2.85. The summed E-state index contributed by atoms with van der Waals surface area (Å²) in [6.07, 6.45) is 1.75. The van der Waals surface area contributed by atoms with Crippen LogP contribution in [0.1, 0.15) is 12.5 Å². The molecule has 1 aliphatic heterocycles. The van der Waals surface area contributed by atoms with Crippen molar-refractivity contribution in [1.82, 2.24) is 0 Å². The third kappa shape index (κ3) is 3.89. The van der Waals surface area contributed by atoms with Gasteiger partial charge in [0, 0.05) is 4.47 Å². The molecule has 0 spiro atoms. The van der Waals surface area contributed by atoms with E-state index in [0.29, 0.717) is 21.6 Å². The summed E-state index contributed by atoms with van der Waals surface area (Å²) < 4.78 is 6.74. The average molecular weight is 436 g/mol. The Morgan fingerprint density at radius 2 is 2.12 bits per heavy atom. The summed E-state index contributed by atoms with van der Waals surface area (Å²) in [5, 5.41) is 9.79. The van der Waals surface area contributed by atoms with Gasteiger partial charge in [0.15, 0.2) is 15.8 Å². The van der Waals surface area contributed by atoms with Crippen LogP contribution in [0.4, 0.5) is 5.69 Å². The van der Waals surface area contributed by atoms with E-state index in [0.717, 1.165) is 15.7 Å². The van der Waals surface area contributed by atoms with E-state index in [1.54, 1.807) is 24.3 Å². The van der Waals surface area contributed by atoms with Gasteiger partial charge >= 0.3 is 0 Å². The molecular weight excluding hydrogens is 422 g/mol. The van der Waals surface area contributed by atoms with E-state index in [1.165, 1.54) is 16.7 Å². The monoisotopic (exact) mass is 435 g/mol. The standard InChI is InChI=1S/C18H14BrNO3S2/c1-2-23-15-8-11(6-7-14(15)21)9-16-17(22)20(18(24)25-16)13-5-3-4-12(19)10-13/h3-10,21H,2H2,1H3/b16-9-. The molecule has 4 nitrogen and oxygen atoms in total. The zero-order chi connectivity index (χ0) is 18.0. The molecule has 128 valence electrons. The van der Waals surface area contributed by atoms with Crippen LogP contribution in [-0.2, 0) is 4.79 Å². The Labute approximate surface area is 163 Å². The van der Waals surface area contributed by atoms with Crippen molar-refractivity contribution in [1.29, 1.82) is 0 Å². The lowest BCUT2D eigenvalue weighted by molar-refractivity contribution is -0.113. The van der Waals surface area contributed by atoms with Gasteiger partial charge in [-0.2, -0.15) is 0 Å². The highest BCUT2D eigenvalue weighted by molar-refractivity contribution is 9.10. The van der Waals surface area contributed by atoms with Gasteiger partial charge in [-0.1, -0.05) is 52.0 Å². The summed E-state index contributed by atoms with van der Waals surface area (Å²) >= 11 is 10.0. The van der Waals surface area contributed by atoms with Crippen LogP contribution in [0.3, 0.4) is 0 Å². The first-order chi connectivity index (χ1) is 12.0. The van der Waals surface area contributed by atoms with Gasteiger partial charge in [0.2, 0.25) is 0 Å². The number of carbonyl (C=O) groups is 1. The quantitative estimate of drug-likeness (QED) is 0.543. The molecule has 1 amide bonds.